The second kappa shape index (κ2) is 6.36. The van der Waals surface area contributed by atoms with Crippen molar-refractivity contribution in [3.63, 3.8) is 0 Å². The highest BCUT2D eigenvalue weighted by molar-refractivity contribution is 5.80. The monoisotopic (exact) mass is 317 g/mol. The van der Waals surface area contributed by atoms with Crippen LogP contribution in [0, 0.1) is 6.92 Å². The average molecular weight is 318 g/mol. The molecule has 0 saturated heterocycles. The molecule has 22 heavy (non-hydrogen) atoms. The molecule has 3 rings (SSSR count). The van der Waals surface area contributed by atoms with Crippen LogP contribution in [0.15, 0.2) is 34.7 Å². The van der Waals surface area contributed by atoms with E-state index in [2.05, 4.69) is 29.5 Å². The van der Waals surface area contributed by atoms with Crippen molar-refractivity contribution < 1.29 is 16.8 Å². The fourth-order valence-electron chi connectivity index (χ4n) is 2.57. The number of benzene rings is 2. The Hall–Kier alpha value is -2.07. The first-order valence-corrected chi connectivity index (χ1v) is 7.31. The number of nitrogen functional groups attached to an aromatic ring is 1. The summed E-state index contributed by atoms with van der Waals surface area (Å²) in [6.07, 6.45) is 0. The fourth-order valence-corrected chi connectivity index (χ4v) is 2.57. The number of rotatable bonds is 2. The van der Waals surface area contributed by atoms with Gasteiger partial charge >= 0.3 is 0 Å². The van der Waals surface area contributed by atoms with E-state index in [9.17, 15) is 0 Å². The minimum atomic E-state index is 0. The lowest BCUT2D eigenvalue weighted by atomic mass is 10.1. The fraction of sp³-hybridized carbons (Fsp3) is 0.294. The number of fused-ring (bicyclic) bond motifs is 2. The topological polar surface area (TPSA) is 55.1 Å². The highest BCUT2D eigenvalue weighted by Gasteiger charge is 2.12. The molecule has 2 aliphatic rings. The number of nitrogens with zero attached hydrogens (tertiary/aromatic N) is 2. The van der Waals surface area contributed by atoms with E-state index in [1.165, 1.54) is 0 Å². The van der Waals surface area contributed by atoms with E-state index in [4.69, 9.17) is 10.2 Å². The molecule has 0 fully saturated rings. The Morgan fingerprint density at radius 1 is 1.14 bits per heavy atom. The summed E-state index contributed by atoms with van der Waals surface area (Å²) in [5.74, 6) is 0.787. The van der Waals surface area contributed by atoms with Gasteiger partial charge in [-0.25, -0.2) is 9.56 Å². The molecule has 2 N–H and O–H groups in total. The molecule has 116 valence electrons. The van der Waals surface area contributed by atoms with Crippen LogP contribution in [0.3, 0.4) is 0 Å². The molecule has 1 aromatic rings. The van der Waals surface area contributed by atoms with E-state index < -0.39 is 0 Å². The molecule has 1 aliphatic carbocycles. The van der Waals surface area contributed by atoms with Gasteiger partial charge in [-0.05, 0) is 38.5 Å². The predicted octanol–water partition coefficient (Wildman–Crippen LogP) is -0.361. The summed E-state index contributed by atoms with van der Waals surface area (Å²) in [5, 5.41) is 1.15. The smallest absolute Gasteiger partial charge is 0.203 e. The molecule has 0 unspecified atom stereocenters. The van der Waals surface area contributed by atoms with E-state index in [0.29, 0.717) is 0 Å². The first-order valence-electron chi connectivity index (χ1n) is 7.31. The summed E-state index contributed by atoms with van der Waals surface area (Å²) in [6.45, 7) is 8.20. The molecule has 0 saturated carbocycles. The van der Waals surface area contributed by atoms with Crippen LogP contribution in [-0.4, -0.2) is 18.1 Å². The maximum atomic E-state index is 5.99. The van der Waals surface area contributed by atoms with Crippen LogP contribution in [0.25, 0.3) is 22.6 Å². The third-order valence-electron chi connectivity index (χ3n) is 3.88. The van der Waals surface area contributed by atoms with Crippen LogP contribution >= 0.6 is 0 Å². The molecule has 0 spiro atoms. The third kappa shape index (κ3) is 2.79. The van der Waals surface area contributed by atoms with Crippen LogP contribution in [0.5, 0.6) is 0 Å². The van der Waals surface area contributed by atoms with Gasteiger partial charge in [-0.15, -0.1) is 0 Å². The van der Waals surface area contributed by atoms with Gasteiger partial charge in [0, 0.05) is 17.8 Å². The highest BCUT2D eigenvalue weighted by atomic mass is 35.5. The van der Waals surface area contributed by atoms with Crippen molar-refractivity contribution in [3.05, 3.63) is 41.3 Å². The van der Waals surface area contributed by atoms with Crippen LogP contribution < -0.4 is 28.1 Å². The summed E-state index contributed by atoms with van der Waals surface area (Å²) in [6, 6.07) is 9.96. The van der Waals surface area contributed by atoms with Crippen molar-refractivity contribution in [2.45, 2.75) is 20.8 Å². The van der Waals surface area contributed by atoms with E-state index in [0.717, 1.165) is 52.3 Å². The van der Waals surface area contributed by atoms with E-state index >= 15 is 0 Å². The molecule has 0 amide bonds. The Morgan fingerprint density at radius 2 is 1.86 bits per heavy atom. The lowest BCUT2D eigenvalue weighted by Gasteiger charge is -2.08. The minimum Gasteiger partial charge on any atom is -1.00 e. The second-order valence-electron chi connectivity index (χ2n) is 5.21. The zero-order valence-corrected chi connectivity index (χ0v) is 13.8. The molecular weight excluding hydrogens is 298 g/mol. The van der Waals surface area contributed by atoms with Crippen LogP contribution in [-0.2, 0) is 0 Å². The van der Waals surface area contributed by atoms with Gasteiger partial charge in [0.2, 0.25) is 5.36 Å². The maximum Gasteiger partial charge on any atom is 0.203 e. The SMILES string of the molecule is CC[N+](CC)=c1ccc2nc3cc(C)c(N)cc3oc-2c1.[Cl-]. The van der Waals surface area contributed by atoms with Crippen LogP contribution in [0.4, 0.5) is 5.69 Å². The molecule has 1 heterocycles. The minimum absolute atomic E-state index is 0. The van der Waals surface area contributed by atoms with Gasteiger partial charge in [-0.2, -0.15) is 0 Å². The predicted molar refractivity (Wildman–Crippen MR) is 86.1 cm³/mol. The molecule has 0 atom stereocenters. The number of nitrogens with two attached hydrogens (primary N) is 1. The number of halogens is 1. The molecule has 0 aromatic heterocycles. The van der Waals surface area contributed by atoms with Crippen molar-refractivity contribution in [1.82, 2.24) is 9.56 Å². The number of anilines is 1. The van der Waals surface area contributed by atoms with Crippen molar-refractivity contribution in [2.24, 2.45) is 0 Å². The first-order chi connectivity index (χ1) is 10.1. The maximum absolute atomic E-state index is 5.99. The van der Waals surface area contributed by atoms with Crippen molar-refractivity contribution in [3.8, 4) is 11.5 Å². The standard InChI is InChI=1S/C17H19N3O.ClH/c1-4-20(5-2)12-6-7-14-16(9-12)21-17-10-13(18)11(3)8-15(17)19-14;/h6-10,18H,4-5H2,1-3H3;1H. The lowest BCUT2D eigenvalue weighted by molar-refractivity contribution is -0.00000500. The number of aryl methyl sites for hydroxylation is 1. The van der Waals surface area contributed by atoms with Crippen LogP contribution in [0.1, 0.15) is 19.4 Å². The zero-order chi connectivity index (χ0) is 15.0. The van der Waals surface area contributed by atoms with Crippen molar-refractivity contribution in [2.75, 3.05) is 18.8 Å². The Labute approximate surface area is 136 Å². The highest BCUT2D eigenvalue weighted by Crippen LogP contribution is 2.26. The van der Waals surface area contributed by atoms with E-state index in [1.807, 2.05) is 31.2 Å². The quantitative estimate of drug-likeness (QED) is 0.399. The summed E-state index contributed by atoms with van der Waals surface area (Å²) in [4.78, 5) is 4.66. The average Bonchev–Trinajstić information content (AvgIpc) is 2.48. The van der Waals surface area contributed by atoms with Gasteiger partial charge in [0.25, 0.3) is 0 Å². The van der Waals surface area contributed by atoms with Gasteiger partial charge < -0.3 is 22.6 Å². The summed E-state index contributed by atoms with van der Waals surface area (Å²) >= 11 is 0. The normalized spacial score (nSPS) is 10.7. The van der Waals surface area contributed by atoms with E-state index in [1.54, 1.807) is 0 Å². The Balaban J connectivity index is 0.00000176. The van der Waals surface area contributed by atoms with Gasteiger partial charge in [0.15, 0.2) is 11.3 Å². The number of aromatic nitrogens is 1. The van der Waals surface area contributed by atoms with Crippen molar-refractivity contribution in [1.29, 1.82) is 0 Å². The number of hydrogen-bond donors (Lipinski definition) is 1. The van der Waals surface area contributed by atoms with Gasteiger partial charge in [0.05, 0.1) is 6.07 Å². The van der Waals surface area contributed by atoms with Gasteiger partial charge in [-0.3, -0.25) is 0 Å². The molecule has 5 heteroatoms. The molecule has 4 nitrogen and oxygen atoms in total. The molecule has 0 radical (unpaired) electrons. The summed E-state index contributed by atoms with van der Waals surface area (Å²) < 4.78 is 8.27. The number of hydrogen-bond acceptors (Lipinski definition) is 3. The molecule has 1 aliphatic heterocycles. The molecular formula is C17H20ClN3O. The third-order valence-corrected chi connectivity index (χ3v) is 3.88. The largest absolute Gasteiger partial charge is 1.00 e. The first kappa shape index (κ1) is 16.3. The summed E-state index contributed by atoms with van der Waals surface area (Å²) in [5.41, 5.74) is 10.1. The zero-order valence-electron chi connectivity index (χ0n) is 13.1. The van der Waals surface area contributed by atoms with Gasteiger partial charge in [0.1, 0.15) is 24.3 Å². The Bertz CT molecular complexity index is 848. The van der Waals surface area contributed by atoms with Crippen molar-refractivity contribution >= 4 is 16.8 Å². The second-order valence-corrected chi connectivity index (χ2v) is 5.21. The van der Waals surface area contributed by atoms with E-state index in [-0.39, 0.29) is 12.4 Å². The van der Waals surface area contributed by atoms with Crippen LogP contribution in [0.2, 0.25) is 0 Å². The lowest BCUT2D eigenvalue weighted by Crippen LogP contribution is -3.00. The summed E-state index contributed by atoms with van der Waals surface area (Å²) in [7, 11) is 0. The molecule has 0 bridgehead atoms. The molecule has 1 aromatic carbocycles. The Kier molecular flexibility index (Phi) is 4.71. The van der Waals surface area contributed by atoms with Gasteiger partial charge in [-0.1, -0.05) is 0 Å². The Morgan fingerprint density at radius 3 is 2.55 bits per heavy atom.